The van der Waals surface area contributed by atoms with Gasteiger partial charge in [0.15, 0.2) is 0 Å². The number of ether oxygens (including phenoxy) is 1. The second-order valence-corrected chi connectivity index (χ2v) is 5.15. The van der Waals surface area contributed by atoms with Crippen LogP contribution in [-0.2, 0) is 9.53 Å². The molecule has 4 atom stereocenters. The van der Waals surface area contributed by atoms with Crippen LogP contribution < -0.4 is 11.1 Å². The Morgan fingerprint density at radius 1 is 1.39 bits per heavy atom. The highest BCUT2D eigenvalue weighted by Gasteiger charge is 2.36. The van der Waals surface area contributed by atoms with Gasteiger partial charge < -0.3 is 21.0 Å². The van der Waals surface area contributed by atoms with Crippen LogP contribution in [0.25, 0.3) is 0 Å². The first-order valence-electron chi connectivity index (χ1n) is 6.53. The third-order valence-corrected chi connectivity index (χ3v) is 4.05. The SMILES string of the molecule is CC1OCCC1C(=O)NC1CCCC1C(N)=NO. The highest BCUT2D eigenvalue weighted by atomic mass is 16.5. The first-order chi connectivity index (χ1) is 8.63. The number of amides is 1. The van der Waals surface area contributed by atoms with Gasteiger partial charge in [-0.3, -0.25) is 4.79 Å². The van der Waals surface area contributed by atoms with Crippen LogP contribution in [-0.4, -0.2) is 35.7 Å². The summed E-state index contributed by atoms with van der Waals surface area (Å²) in [6.07, 6.45) is 3.48. The summed E-state index contributed by atoms with van der Waals surface area (Å²) in [5, 5.41) is 14.8. The van der Waals surface area contributed by atoms with Crippen LogP contribution in [0.2, 0.25) is 0 Å². The molecule has 1 amide bonds. The molecule has 4 unspecified atom stereocenters. The molecule has 0 spiro atoms. The van der Waals surface area contributed by atoms with Crippen LogP contribution in [0.15, 0.2) is 5.16 Å². The lowest BCUT2D eigenvalue weighted by Gasteiger charge is -2.22. The lowest BCUT2D eigenvalue weighted by atomic mass is 9.98. The monoisotopic (exact) mass is 255 g/mol. The Morgan fingerprint density at radius 2 is 2.17 bits per heavy atom. The van der Waals surface area contributed by atoms with Gasteiger partial charge >= 0.3 is 0 Å². The maximum atomic E-state index is 12.1. The highest BCUT2D eigenvalue weighted by molar-refractivity contribution is 5.85. The number of carbonyl (C=O) groups is 1. The minimum Gasteiger partial charge on any atom is -0.409 e. The molecule has 102 valence electrons. The molecule has 2 fully saturated rings. The van der Waals surface area contributed by atoms with Gasteiger partial charge in [0.05, 0.1) is 12.0 Å². The smallest absolute Gasteiger partial charge is 0.226 e. The fourth-order valence-corrected chi connectivity index (χ4v) is 2.93. The topological polar surface area (TPSA) is 96.9 Å². The number of amidine groups is 1. The van der Waals surface area contributed by atoms with E-state index in [1.165, 1.54) is 0 Å². The van der Waals surface area contributed by atoms with Crippen LogP contribution in [0, 0.1) is 11.8 Å². The molecule has 2 aliphatic rings. The predicted octanol–water partition coefficient (Wildman–Crippen LogP) is 0.443. The Kier molecular flexibility index (Phi) is 4.06. The fourth-order valence-electron chi connectivity index (χ4n) is 2.93. The third kappa shape index (κ3) is 2.58. The van der Waals surface area contributed by atoms with Gasteiger partial charge in [0.1, 0.15) is 5.84 Å². The number of nitrogens with two attached hydrogens (primary N) is 1. The van der Waals surface area contributed by atoms with Gasteiger partial charge in [0.2, 0.25) is 5.91 Å². The van der Waals surface area contributed by atoms with Crippen molar-refractivity contribution in [2.75, 3.05) is 6.61 Å². The molecule has 6 heteroatoms. The highest BCUT2D eigenvalue weighted by Crippen LogP contribution is 2.27. The second-order valence-electron chi connectivity index (χ2n) is 5.15. The van der Waals surface area contributed by atoms with Crippen molar-refractivity contribution in [2.45, 2.75) is 44.8 Å². The van der Waals surface area contributed by atoms with Crippen LogP contribution in [0.4, 0.5) is 0 Å². The van der Waals surface area contributed by atoms with Crippen molar-refractivity contribution in [2.24, 2.45) is 22.7 Å². The van der Waals surface area contributed by atoms with E-state index in [0.29, 0.717) is 6.61 Å². The molecular formula is C12H21N3O3. The van der Waals surface area contributed by atoms with E-state index in [4.69, 9.17) is 15.7 Å². The second kappa shape index (κ2) is 5.56. The van der Waals surface area contributed by atoms with E-state index < -0.39 is 0 Å². The quantitative estimate of drug-likeness (QED) is 0.295. The predicted molar refractivity (Wildman–Crippen MR) is 66.2 cm³/mol. The van der Waals surface area contributed by atoms with E-state index in [-0.39, 0.29) is 35.7 Å². The maximum Gasteiger partial charge on any atom is 0.226 e. The summed E-state index contributed by atoms with van der Waals surface area (Å²) in [6, 6.07) is -0.0128. The largest absolute Gasteiger partial charge is 0.409 e. The Labute approximate surface area is 107 Å². The average molecular weight is 255 g/mol. The zero-order valence-corrected chi connectivity index (χ0v) is 10.6. The van der Waals surface area contributed by atoms with E-state index >= 15 is 0 Å². The summed E-state index contributed by atoms with van der Waals surface area (Å²) in [7, 11) is 0. The number of hydrogen-bond donors (Lipinski definition) is 3. The first-order valence-corrected chi connectivity index (χ1v) is 6.53. The molecule has 1 aliphatic carbocycles. The summed E-state index contributed by atoms with van der Waals surface area (Å²) < 4.78 is 5.40. The first kappa shape index (κ1) is 13.1. The molecule has 6 nitrogen and oxygen atoms in total. The van der Waals surface area contributed by atoms with Gasteiger partial charge in [0.25, 0.3) is 0 Å². The minimum absolute atomic E-state index is 0.0128. The molecule has 18 heavy (non-hydrogen) atoms. The molecule has 0 aromatic rings. The number of carbonyl (C=O) groups excluding carboxylic acids is 1. The molecule has 1 saturated heterocycles. The third-order valence-electron chi connectivity index (χ3n) is 4.05. The summed E-state index contributed by atoms with van der Waals surface area (Å²) in [5.41, 5.74) is 5.65. The van der Waals surface area contributed by atoms with Gasteiger partial charge in [0, 0.05) is 18.6 Å². The van der Waals surface area contributed by atoms with Gasteiger partial charge in [-0.15, -0.1) is 0 Å². The normalized spacial score (nSPS) is 36.8. The van der Waals surface area contributed by atoms with Crippen LogP contribution >= 0.6 is 0 Å². The molecule has 0 aromatic carbocycles. The molecular weight excluding hydrogens is 234 g/mol. The van der Waals surface area contributed by atoms with Crippen LogP contribution in [0.5, 0.6) is 0 Å². The van der Waals surface area contributed by atoms with Crippen molar-refractivity contribution in [3.05, 3.63) is 0 Å². The van der Waals surface area contributed by atoms with E-state index in [1.807, 2.05) is 6.92 Å². The number of nitrogens with zero attached hydrogens (tertiary/aromatic N) is 1. The summed E-state index contributed by atoms with van der Waals surface area (Å²) in [5.74, 6) is 0.131. The van der Waals surface area contributed by atoms with Gasteiger partial charge in [-0.1, -0.05) is 11.6 Å². The van der Waals surface area contributed by atoms with Crippen LogP contribution in [0.3, 0.4) is 0 Å². The summed E-state index contributed by atoms with van der Waals surface area (Å²) in [6.45, 7) is 2.57. The zero-order chi connectivity index (χ0) is 13.1. The van der Waals surface area contributed by atoms with E-state index in [0.717, 1.165) is 25.7 Å². The lowest BCUT2D eigenvalue weighted by molar-refractivity contribution is -0.127. The number of nitrogens with one attached hydrogen (secondary N) is 1. The fraction of sp³-hybridized carbons (Fsp3) is 0.833. The van der Waals surface area contributed by atoms with Gasteiger partial charge in [-0.2, -0.15) is 0 Å². The molecule has 4 N–H and O–H groups in total. The average Bonchev–Trinajstić information content (AvgIpc) is 2.97. The van der Waals surface area contributed by atoms with Gasteiger partial charge in [-0.25, -0.2) is 0 Å². The Morgan fingerprint density at radius 3 is 2.78 bits per heavy atom. The molecule has 1 aliphatic heterocycles. The number of oxime groups is 1. The summed E-state index contributed by atoms with van der Waals surface area (Å²) >= 11 is 0. The van der Waals surface area contributed by atoms with Crippen LogP contribution in [0.1, 0.15) is 32.6 Å². The summed E-state index contributed by atoms with van der Waals surface area (Å²) in [4.78, 5) is 12.1. The van der Waals surface area contributed by atoms with E-state index in [1.54, 1.807) is 0 Å². The minimum atomic E-state index is -0.0708. The molecule has 2 rings (SSSR count). The molecule has 0 radical (unpaired) electrons. The van der Waals surface area contributed by atoms with Crippen molar-refractivity contribution < 1.29 is 14.7 Å². The standard InChI is InChI=1S/C12H21N3O3/c1-7-8(5-6-18-7)12(16)14-10-4-2-3-9(10)11(13)15-17/h7-10,17H,2-6H2,1H3,(H2,13,15)(H,14,16). The number of hydrogen-bond acceptors (Lipinski definition) is 4. The van der Waals surface area contributed by atoms with Crippen molar-refractivity contribution in [1.29, 1.82) is 0 Å². The zero-order valence-electron chi connectivity index (χ0n) is 10.6. The van der Waals surface area contributed by atoms with E-state index in [2.05, 4.69) is 10.5 Å². The molecule has 1 saturated carbocycles. The van der Waals surface area contributed by atoms with Crippen molar-refractivity contribution >= 4 is 11.7 Å². The Balaban J connectivity index is 1.94. The van der Waals surface area contributed by atoms with E-state index in [9.17, 15) is 4.79 Å². The van der Waals surface area contributed by atoms with Crippen molar-refractivity contribution in [3.63, 3.8) is 0 Å². The van der Waals surface area contributed by atoms with Crippen molar-refractivity contribution in [3.8, 4) is 0 Å². The molecule has 1 heterocycles. The van der Waals surface area contributed by atoms with Gasteiger partial charge in [-0.05, 0) is 26.2 Å². The number of rotatable bonds is 3. The maximum absolute atomic E-state index is 12.1. The molecule has 0 aromatic heterocycles. The van der Waals surface area contributed by atoms with Crippen molar-refractivity contribution in [1.82, 2.24) is 5.32 Å². The lowest BCUT2D eigenvalue weighted by Crippen LogP contribution is -2.45. The Hall–Kier alpha value is -1.30. The molecule has 0 bridgehead atoms. The Bertz CT molecular complexity index is 345.